The summed E-state index contributed by atoms with van der Waals surface area (Å²) >= 11 is 0. The maximum atomic E-state index is 5.38. The molecule has 1 atom stereocenters. The SMILES string of the molecule is C=CCCC(NN)c1ccoc1. The standard InChI is InChI=1S/C9H14N2O/c1-2-3-4-9(11-10)8-5-6-12-7-8/h2,5-7,9,11H,1,3-4,10H2. The highest BCUT2D eigenvalue weighted by Crippen LogP contribution is 2.17. The second kappa shape index (κ2) is 4.74. The van der Waals surface area contributed by atoms with Crippen LogP contribution in [0.25, 0.3) is 0 Å². The summed E-state index contributed by atoms with van der Waals surface area (Å²) in [6, 6.07) is 2.08. The molecule has 1 aromatic rings. The second-order valence-electron chi connectivity index (χ2n) is 2.64. The molecule has 12 heavy (non-hydrogen) atoms. The van der Waals surface area contributed by atoms with Crippen LogP contribution in [-0.2, 0) is 0 Å². The van der Waals surface area contributed by atoms with E-state index in [1.54, 1.807) is 12.5 Å². The van der Waals surface area contributed by atoms with Gasteiger partial charge >= 0.3 is 0 Å². The Kier molecular flexibility index (Phi) is 3.57. The minimum Gasteiger partial charge on any atom is -0.472 e. The number of hydrazine groups is 1. The molecule has 1 heterocycles. The zero-order valence-electron chi connectivity index (χ0n) is 6.99. The zero-order valence-corrected chi connectivity index (χ0v) is 6.99. The first-order valence-corrected chi connectivity index (χ1v) is 3.97. The van der Waals surface area contributed by atoms with Crippen molar-refractivity contribution in [3.63, 3.8) is 0 Å². The highest BCUT2D eigenvalue weighted by Gasteiger charge is 2.08. The fourth-order valence-electron chi connectivity index (χ4n) is 1.10. The molecule has 0 radical (unpaired) electrons. The van der Waals surface area contributed by atoms with Gasteiger partial charge in [-0.05, 0) is 18.9 Å². The van der Waals surface area contributed by atoms with E-state index >= 15 is 0 Å². The molecular formula is C9H14N2O. The van der Waals surface area contributed by atoms with E-state index in [9.17, 15) is 0 Å². The van der Waals surface area contributed by atoms with Gasteiger partial charge in [-0.2, -0.15) is 0 Å². The van der Waals surface area contributed by atoms with Crippen molar-refractivity contribution >= 4 is 0 Å². The third-order valence-electron chi connectivity index (χ3n) is 1.81. The number of rotatable bonds is 5. The van der Waals surface area contributed by atoms with E-state index < -0.39 is 0 Å². The van der Waals surface area contributed by atoms with Gasteiger partial charge in [0.15, 0.2) is 0 Å². The number of nitrogens with one attached hydrogen (secondary N) is 1. The average molecular weight is 166 g/mol. The zero-order chi connectivity index (χ0) is 8.81. The number of nitrogens with two attached hydrogens (primary N) is 1. The van der Waals surface area contributed by atoms with Crippen LogP contribution >= 0.6 is 0 Å². The topological polar surface area (TPSA) is 51.2 Å². The molecule has 1 aromatic heterocycles. The van der Waals surface area contributed by atoms with E-state index in [4.69, 9.17) is 10.3 Å². The smallest absolute Gasteiger partial charge is 0.0950 e. The molecule has 0 spiro atoms. The fourth-order valence-corrected chi connectivity index (χ4v) is 1.10. The van der Waals surface area contributed by atoms with Crippen LogP contribution in [0.4, 0.5) is 0 Å². The largest absolute Gasteiger partial charge is 0.472 e. The minimum absolute atomic E-state index is 0.168. The summed E-state index contributed by atoms with van der Waals surface area (Å²) in [4.78, 5) is 0. The summed E-state index contributed by atoms with van der Waals surface area (Å²) < 4.78 is 4.96. The average Bonchev–Trinajstić information content (AvgIpc) is 2.59. The van der Waals surface area contributed by atoms with E-state index in [1.807, 2.05) is 12.1 Å². The first kappa shape index (κ1) is 9.03. The van der Waals surface area contributed by atoms with Crippen LogP contribution in [0.1, 0.15) is 24.4 Å². The lowest BCUT2D eigenvalue weighted by Gasteiger charge is -2.11. The molecule has 0 amide bonds. The van der Waals surface area contributed by atoms with Crippen molar-refractivity contribution in [2.24, 2.45) is 5.84 Å². The lowest BCUT2D eigenvalue weighted by molar-refractivity contribution is 0.505. The van der Waals surface area contributed by atoms with Crippen LogP contribution < -0.4 is 11.3 Å². The Bertz CT molecular complexity index is 218. The first-order valence-electron chi connectivity index (χ1n) is 3.97. The third kappa shape index (κ3) is 2.22. The van der Waals surface area contributed by atoms with Gasteiger partial charge in [-0.25, -0.2) is 0 Å². The fraction of sp³-hybridized carbons (Fsp3) is 0.333. The van der Waals surface area contributed by atoms with Crippen molar-refractivity contribution < 1.29 is 4.42 Å². The second-order valence-corrected chi connectivity index (χ2v) is 2.64. The molecule has 0 aliphatic heterocycles. The number of hydrogen-bond acceptors (Lipinski definition) is 3. The van der Waals surface area contributed by atoms with Gasteiger partial charge in [-0.1, -0.05) is 6.08 Å². The van der Waals surface area contributed by atoms with Crippen LogP contribution in [0.3, 0.4) is 0 Å². The number of allylic oxidation sites excluding steroid dienone is 1. The summed E-state index contributed by atoms with van der Waals surface area (Å²) in [5.41, 5.74) is 3.81. The van der Waals surface area contributed by atoms with E-state index in [2.05, 4.69) is 12.0 Å². The first-order chi connectivity index (χ1) is 5.88. The van der Waals surface area contributed by atoms with Gasteiger partial charge in [0.25, 0.3) is 0 Å². The summed E-state index contributed by atoms with van der Waals surface area (Å²) in [5, 5.41) is 0. The van der Waals surface area contributed by atoms with Gasteiger partial charge in [-0.3, -0.25) is 11.3 Å². The van der Waals surface area contributed by atoms with Gasteiger partial charge in [-0.15, -0.1) is 6.58 Å². The molecule has 0 aliphatic rings. The van der Waals surface area contributed by atoms with Crippen LogP contribution in [0.15, 0.2) is 35.7 Å². The number of furan rings is 1. The maximum absolute atomic E-state index is 5.38. The van der Waals surface area contributed by atoms with Crippen LogP contribution in [0, 0.1) is 0 Å². The van der Waals surface area contributed by atoms with Crippen molar-refractivity contribution in [3.05, 3.63) is 36.8 Å². The highest BCUT2D eigenvalue weighted by atomic mass is 16.3. The van der Waals surface area contributed by atoms with Crippen LogP contribution in [0.2, 0.25) is 0 Å². The lowest BCUT2D eigenvalue weighted by atomic mass is 10.1. The van der Waals surface area contributed by atoms with Crippen molar-refractivity contribution in [2.45, 2.75) is 18.9 Å². The predicted octanol–water partition coefficient (Wildman–Crippen LogP) is 1.75. The summed E-state index contributed by atoms with van der Waals surface area (Å²) in [6.45, 7) is 3.66. The molecule has 0 bridgehead atoms. The van der Waals surface area contributed by atoms with Gasteiger partial charge in [0, 0.05) is 11.6 Å². The Labute approximate surface area is 72.2 Å². The normalized spacial score (nSPS) is 12.8. The van der Waals surface area contributed by atoms with Gasteiger partial charge in [0.2, 0.25) is 0 Å². The van der Waals surface area contributed by atoms with Gasteiger partial charge < -0.3 is 4.42 Å². The molecule has 3 heteroatoms. The molecule has 0 saturated heterocycles. The molecule has 1 unspecified atom stereocenters. The molecular weight excluding hydrogens is 152 g/mol. The van der Waals surface area contributed by atoms with Gasteiger partial charge in [0.05, 0.1) is 12.5 Å². The minimum atomic E-state index is 0.168. The predicted molar refractivity (Wildman–Crippen MR) is 48.2 cm³/mol. The highest BCUT2D eigenvalue weighted by molar-refractivity contribution is 5.11. The number of hydrogen-bond donors (Lipinski definition) is 2. The Morgan fingerprint density at radius 2 is 2.58 bits per heavy atom. The lowest BCUT2D eigenvalue weighted by Crippen LogP contribution is -2.27. The summed E-state index contributed by atoms with van der Waals surface area (Å²) in [7, 11) is 0. The van der Waals surface area contributed by atoms with E-state index in [0.717, 1.165) is 18.4 Å². The van der Waals surface area contributed by atoms with Crippen LogP contribution in [0.5, 0.6) is 0 Å². The quantitative estimate of drug-likeness (QED) is 0.398. The van der Waals surface area contributed by atoms with Gasteiger partial charge in [0.1, 0.15) is 0 Å². The molecule has 3 nitrogen and oxygen atoms in total. The summed E-state index contributed by atoms with van der Waals surface area (Å²) in [5.74, 6) is 5.38. The molecule has 66 valence electrons. The Balaban J connectivity index is 2.51. The van der Waals surface area contributed by atoms with Crippen molar-refractivity contribution in [2.75, 3.05) is 0 Å². The molecule has 0 saturated carbocycles. The maximum Gasteiger partial charge on any atom is 0.0950 e. The van der Waals surface area contributed by atoms with E-state index in [-0.39, 0.29) is 6.04 Å². The molecule has 1 rings (SSSR count). The van der Waals surface area contributed by atoms with Crippen LogP contribution in [-0.4, -0.2) is 0 Å². The summed E-state index contributed by atoms with van der Waals surface area (Å²) in [6.07, 6.45) is 7.12. The monoisotopic (exact) mass is 166 g/mol. The Morgan fingerprint density at radius 1 is 1.75 bits per heavy atom. The molecule has 0 aliphatic carbocycles. The van der Waals surface area contributed by atoms with E-state index in [0.29, 0.717) is 0 Å². The van der Waals surface area contributed by atoms with E-state index in [1.165, 1.54) is 0 Å². The Morgan fingerprint density at radius 3 is 3.08 bits per heavy atom. The van der Waals surface area contributed by atoms with Crippen molar-refractivity contribution in [3.8, 4) is 0 Å². The molecule has 0 fully saturated rings. The Hall–Kier alpha value is -1.06. The van der Waals surface area contributed by atoms with Crippen molar-refractivity contribution in [1.29, 1.82) is 0 Å². The molecule has 0 aromatic carbocycles. The third-order valence-corrected chi connectivity index (χ3v) is 1.81. The van der Waals surface area contributed by atoms with Crippen molar-refractivity contribution in [1.82, 2.24) is 5.43 Å². The molecule has 3 N–H and O–H groups in total.